The van der Waals surface area contributed by atoms with Crippen LogP contribution in [0.2, 0.25) is 0 Å². The van der Waals surface area contributed by atoms with Crippen molar-refractivity contribution in [3.63, 3.8) is 0 Å². The molecule has 0 saturated heterocycles. The Morgan fingerprint density at radius 1 is 1.18 bits per heavy atom. The number of rotatable bonds is 8. The van der Waals surface area contributed by atoms with E-state index in [9.17, 15) is 5.11 Å². The van der Waals surface area contributed by atoms with Gasteiger partial charge in [0, 0.05) is 19.6 Å². The van der Waals surface area contributed by atoms with Gasteiger partial charge in [-0.1, -0.05) is 44.2 Å². The van der Waals surface area contributed by atoms with Crippen LogP contribution in [0.1, 0.15) is 25.5 Å². The maximum absolute atomic E-state index is 9.92. The molecule has 0 aliphatic carbocycles. The summed E-state index contributed by atoms with van der Waals surface area (Å²) in [5.41, 5.74) is 0.975. The molecule has 2 N–H and O–H groups in total. The lowest BCUT2D eigenvalue weighted by atomic mass is 10.1. The van der Waals surface area contributed by atoms with E-state index < -0.39 is 6.10 Å². The molecule has 0 unspecified atom stereocenters. The molecule has 1 aromatic carbocycles. The Bertz CT molecular complexity index is 286. The summed E-state index contributed by atoms with van der Waals surface area (Å²) >= 11 is 0. The summed E-state index contributed by atoms with van der Waals surface area (Å²) in [5.74, 6) is 0. The van der Waals surface area contributed by atoms with Crippen molar-refractivity contribution in [3.8, 4) is 0 Å². The maximum Gasteiger partial charge on any atom is 0.0914 e. The van der Waals surface area contributed by atoms with E-state index in [4.69, 9.17) is 0 Å². The van der Waals surface area contributed by atoms with Crippen LogP contribution in [0.15, 0.2) is 30.3 Å². The van der Waals surface area contributed by atoms with Crippen molar-refractivity contribution in [3.05, 3.63) is 35.9 Å². The average molecular weight is 236 g/mol. The second kappa shape index (κ2) is 8.23. The third kappa shape index (κ3) is 5.31. The van der Waals surface area contributed by atoms with Crippen LogP contribution in [0.5, 0.6) is 0 Å². The zero-order valence-electron chi connectivity index (χ0n) is 10.9. The number of benzene rings is 1. The van der Waals surface area contributed by atoms with Gasteiger partial charge in [0.2, 0.25) is 0 Å². The van der Waals surface area contributed by atoms with Gasteiger partial charge < -0.3 is 15.3 Å². The Labute approximate surface area is 104 Å². The van der Waals surface area contributed by atoms with E-state index in [1.807, 2.05) is 30.3 Å². The number of hydrogen-bond donors (Lipinski definition) is 2. The SMILES string of the molecule is CCN(CC)CCNC[C@@H](O)c1ccccc1. The predicted molar refractivity (Wildman–Crippen MR) is 72.1 cm³/mol. The summed E-state index contributed by atoms with van der Waals surface area (Å²) in [4.78, 5) is 2.36. The number of aliphatic hydroxyl groups excluding tert-OH is 1. The number of likely N-dealkylation sites (N-methyl/N-ethyl adjacent to an activating group) is 1. The van der Waals surface area contributed by atoms with Crippen molar-refractivity contribution in [2.45, 2.75) is 20.0 Å². The number of hydrogen-bond acceptors (Lipinski definition) is 3. The Balaban J connectivity index is 2.19. The van der Waals surface area contributed by atoms with E-state index in [-0.39, 0.29) is 0 Å². The molecular formula is C14H24N2O. The van der Waals surface area contributed by atoms with Crippen molar-refractivity contribution in [1.29, 1.82) is 0 Å². The van der Waals surface area contributed by atoms with Crippen LogP contribution in [0.3, 0.4) is 0 Å². The van der Waals surface area contributed by atoms with Gasteiger partial charge >= 0.3 is 0 Å². The van der Waals surface area contributed by atoms with E-state index in [1.165, 1.54) is 0 Å². The van der Waals surface area contributed by atoms with Gasteiger partial charge in [0.05, 0.1) is 6.10 Å². The van der Waals surface area contributed by atoms with Crippen molar-refractivity contribution in [1.82, 2.24) is 10.2 Å². The summed E-state index contributed by atoms with van der Waals surface area (Å²) in [7, 11) is 0. The fourth-order valence-corrected chi connectivity index (χ4v) is 1.81. The maximum atomic E-state index is 9.92. The molecule has 0 radical (unpaired) electrons. The van der Waals surface area contributed by atoms with Crippen molar-refractivity contribution in [2.24, 2.45) is 0 Å². The molecule has 0 aromatic heterocycles. The zero-order valence-corrected chi connectivity index (χ0v) is 10.9. The zero-order chi connectivity index (χ0) is 12.5. The van der Waals surface area contributed by atoms with Crippen LogP contribution in [-0.4, -0.2) is 42.7 Å². The smallest absolute Gasteiger partial charge is 0.0914 e. The highest BCUT2D eigenvalue weighted by Crippen LogP contribution is 2.10. The van der Waals surface area contributed by atoms with Gasteiger partial charge in [-0.05, 0) is 18.7 Å². The Morgan fingerprint density at radius 2 is 1.82 bits per heavy atom. The van der Waals surface area contributed by atoms with Crippen LogP contribution in [0.4, 0.5) is 0 Å². The van der Waals surface area contributed by atoms with Crippen LogP contribution < -0.4 is 5.32 Å². The first-order chi connectivity index (χ1) is 8.27. The summed E-state index contributed by atoms with van der Waals surface area (Å²) in [5, 5.41) is 13.2. The normalized spacial score (nSPS) is 12.9. The molecule has 0 spiro atoms. The van der Waals surface area contributed by atoms with E-state index in [2.05, 4.69) is 24.1 Å². The molecule has 1 aromatic rings. The minimum Gasteiger partial charge on any atom is -0.387 e. The molecule has 0 fully saturated rings. The van der Waals surface area contributed by atoms with Crippen molar-refractivity contribution >= 4 is 0 Å². The van der Waals surface area contributed by atoms with Gasteiger partial charge in [-0.3, -0.25) is 0 Å². The minimum absolute atomic E-state index is 0.409. The molecule has 1 atom stereocenters. The van der Waals surface area contributed by atoms with E-state index >= 15 is 0 Å². The fourth-order valence-electron chi connectivity index (χ4n) is 1.81. The quantitative estimate of drug-likeness (QED) is 0.674. The largest absolute Gasteiger partial charge is 0.387 e. The first kappa shape index (κ1) is 14.2. The minimum atomic E-state index is -0.409. The fraction of sp³-hybridized carbons (Fsp3) is 0.571. The molecule has 0 amide bonds. The molecule has 17 heavy (non-hydrogen) atoms. The van der Waals surface area contributed by atoms with Gasteiger partial charge in [-0.2, -0.15) is 0 Å². The molecule has 0 saturated carbocycles. The van der Waals surface area contributed by atoms with Gasteiger partial charge in [0.1, 0.15) is 0 Å². The highest BCUT2D eigenvalue weighted by molar-refractivity contribution is 5.17. The number of nitrogens with one attached hydrogen (secondary N) is 1. The standard InChI is InChI=1S/C14H24N2O/c1-3-16(4-2)11-10-15-12-14(17)13-8-6-5-7-9-13/h5-9,14-15,17H,3-4,10-12H2,1-2H3/t14-/m1/s1. The van der Waals surface area contributed by atoms with Crippen LogP contribution >= 0.6 is 0 Å². The Kier molecular flexibility index (Phi) is 6.86. The van der Waals surface area contributed by atoms with Gasteiger partial charge in [0.15, 0.2) is 0 Å². The lowest BCUT2D eigenvalue weighted by molar-refractivity contribution is 0.172. The Morgan fingerprint density at radius 3 is 2.41 bits per heavy atom. The number of nitrogens with zero attached hydrogens (tertiary/aromatic N) is 1. The molecule has 3 nitrogen and oxygen atoms in total. The third-order valence-electron chi connectivity index (χ3n) is 3.02. The first-order valence-corrected chi connectivity index (χ1v) is 6.44. The summed E-state index contributed by atoms with van der Waals surface area (Å²) in [6.07, 6.45) is -0.409. The molecule has 96 valence electrons. The average Bonchev–Trinajstić information content (AvgIpc) is 2.40. The van der Waals surface area contributed by atoms with Gasteiger partial charge in [-0.25, -0.2) is 0 Å². The molecule has 1 rings (SSSR count). The van der Waals surface area contributed by atoms with Crippen molar-refractivity contribution < 1.29 is 5.11 Å². The van der Waals surface area contributed by atoms with Gasteiger partial charge in [0.25, 0.3) is 0 Å². The van der Waals surface area contributed by atoms with Gasteiger partial charge in [-0.15, -0.1) is 0 Å². The summed E-state index contributed by atoms with van der Waals surface area (Å²) < 4.78 is 0. The first-order valence-electron chi connectivity index (χ1n) is 6.44. The summed E-state index contributed by atoms with van der Waals surface area (Å²) in [6.45, 7) is 9.08. The van der Waals surface area contributed by atoms with E-state index in [0.29, 0.717) is 6.54 Å². The van der Waals surface area contributed by atoms with Crippen molar-refractivity contribution in [2.75, 3.05) is 32.7 Å². The van der Waals surface area contributed by atoms with E-state index in [1.54, 1.807) is 0 Å². The lowest BCUT2D eigenvalue weighted by Gasteiger charge is -2.19. The molecule has 0 bridgehead atoms. The monoisotopic (exact) mass is 236 g/mol. The molecule has 0 heterocycles. The number of aliphatic hydroxyl groups is 1. The highest BCUT2D eigenvalue weighted by Gasteiger charge is 2.05. The predicted octanol–water partition coefficient (Wildman–Crippen LogP) is 1.65. The molecular weight excluding hydrogens is 212 g/mol. The highest BCUT2D eigenvalue weighted by atomic mass is 16.3. The lowest BCUT2D eigenvalue weighted by Crippen LogP contribution is -2.33. The second-order valence-electron chi connectivity index (χ2n) is 4.16. The molecule has 3 heteroatoms. The van der Waals surface area contributed by atoms with Crippen LogP contribution in [-0.2, 0) is 0 Å². The molecule has 0 aliphatic heterocycles. The third-order valence-corrected chi connectivity index (χ3v) is 3.02. The summed E-state index contributed by atoms with van der Waals surface area (Å²) in [6, 6.07) is 9.78. The van der Waals surface area contributed by atoms with Crippen LogP contribution in [0, 0.1) is 0 Å². The topological polar surface area (TPSA) is 35.5 Å². The Hall–Kier alpha value is -0.900. The molecule has 0 aliphatic rings. The van der Waals surface area contributed by atoms with Crippen LogP contribution in [0.25, 0.3) is 0 Å². The second-order valence-corrected chi connectivity index (χ2v) is 4.16. The van der Waals surface area contributed by atoms with E-state index in [0.717, 1.165) is 31.7 Å².